The van der Waals surface area contributed by atoms with Gasteiger partial charge in [-0.3, -0.25) is 9.78 Å². The number of hydrogen-bond acceptors (Lipinski definition) is 4. The van der Waals surface area contributed by atoms with Gasteiger partial charge in [0.15, 0.2) is 0 Å². The lowest BCUT2D eigenvalue weighted by molar-refractivity contribution is 0.0977. The Morgan fingerprint density at radius 2 is 1.84 bits per heavy atom. The highest BCUT2D eigenvalue weighted by atomic mass is 32.2. The molecule has 1 amide bonds. The first kappa shape index (κ1) is 17.0. The summed E-state index contributed by atoms with van der Waals surface area (Å²) in [6.45, 7) is 1.33. The van der Waals surface area contributed by atoms with Gasteiger partial charge >= 0.3 is 0 Å². The number of pyridine rings is 1. The quantitative estimate of drug-likeness (QED) is 0.777. The number of aromatic nitrogens is 1. The van der Waals surface area contributed by atoms with Crippen LogP contribution in [-0.4, -0.2) is 19.3 Å². The van der Waals surface area contributed by atoms with Gasteiger partial charge in [-0.25, -0.2) is 21.9 Å². The lowest BCUT2D eigenvalue weighted by atomic mass is 10.1. The first-order valence-electron chi connectivity index (χ1n) is 7.16. The molecule has 0 bridgehead atoms. The van der Waals surface area contributed by atoms with Crippen LogP contribution in [0.2, 0.25) is 0 Å². The fourth-order valence-electron chi connectivity index (χ4n) is 2.36. The van der Waals surface area contributed by atoms with Crippen LogP contribution in [0, 0.1) is 18.6 Å². The van der Waals surface area contributed by atoms with Crippen molar-refractivity contribution in [2.75, 3.05) is 0 Å². The minimum atomic E-state index is -4.30. The minimum Gasteiger partial charge on any atom is -0.268 e. The van der Waals surface area contributed by atoms with Crippen LogP contribution in [0.4, 0.5) is 8.78 Å². The van der Waals surface area contributed by atoms with E-state index in [1.165, 1.54) is 31.3 Å². The van der Waals surface area contributed by atoms with Gasteiger partial charge < -0.3 is 0 Å². The molecule has 1 heterocycles. The van der Waals surface area contributed by atoms with Crippen molar-refractivity contribution in [3.8, 4) is 0 Å². The van der Waals surface area contributed by atoms with Crippen LogP contribution < -0.4 is 4.72 Å². The lowest BCUT2D eigenvalue weighted by Gasteiger charge is -2.10. The fraction of sp³-hybridized carbons (Fsp3) is 0.0588. The Kier molecular flexibility index (Phi) is 4.22. The molecule has 1 N–H and O–H groups in total. The number of nitrogens with zero attached hydrogens (tertiary/aromatic N) is 1. The third-order valence-corrected chi connectivity index (χ3v) is 5.00. The molecular weight excluding hydrogens is 350 g/mol. The van der Waals surface area contributed by atoms with Crippen LogP contribution in [0.3, 0.4) is 0 Å². The normalized spacial score (nSPS) is 11.5. The standard InChI is InChI=1S/C17H12F2N2O3S/c1-10-8-14(19)12(9-13(10)18)17(22)21-25(23,24)16-6-2-5-15-11(16)4-3-7-20-15/h2-9H,1H3,(H,21,22). The summed E-state index contributed by atoms with van der Waals surface area (Å²) < 4.78 is 54.3. The molecule has 3 aromatic rings. The molecule has 0 saturated heterocycles. The van der Waals surface area contributed by atoms with Gasteiger partial charge in [0.1, 0.15) is 11.6 Å². The molecule has 3 rings (SSSR count). The van der Waals surface area contributed by atoms with Crippen molar-refractivity contribution in [3.63, 3.8) is 0 Å². The third-order valence-electron chi connectivity index (χ3n) is 3.62. The summed E-state index contributed by atoms with van der Waals surface area (Å²) in [4.78, 5) is 16.0. The van der Waals surface area contributed by atoms with Crippen LogP contribution >= 0.6 is 0 Å². The predicted molar refractivity (Wildman–Crippen MR) is 87.5 cm³/mol. The molecule has 25 heavy (non-hydrogen) atoms. The fourth-order valence-corrected chi connectivity index (χ4v) is 3.55. The zero-order valence-electron chi connectivity index (χ0n) is 13.0. The monoisotopic (exact) mass is 362 g/mol. The molecule has 0 aliphatic carbocycles. The second-order valence-corrected chi connectivity index (χ2v) is 6.99. The Labute approximate surface area is 142 Å². The Morgan fingerprint density at radius 1 is 1.08 bits per heavy atom. The number of rotatable bonds is 3. The topological polar surface area (TPSA) is 76.1 Å². The van der Waals surface area contributed by atoms with Crippen LogP contribution in [0.15, 0.2) is 53.6 Å². The highest BCUT2D eigenvalue weighted by molar-refractivity contribution is 7.90. The maximum atomic E-state index is 13.9. The maximum absolute atomic E-state index is 13.9. The van der Waals surface area contributed by atoms with Gasteiger partial charge in [-0.05, 0) is 48.9 Å². The van der Waals surface area contributed by atoms with Crippen molar-refractivity contribution in [1.29, 1.82) is 0 Å². The van der Waals surface area contributed by atoms with Gasteiger partial charge in [0.2, 0.25) is 0 Å². The lowest BCUT2D eigenvalue weighted by Crippen LogP contribution is -2.31. The van der Waals surface area contributed by atoms with E-state index in [2.05, 4.69) is 4.98 Å². The van der Waals surface area contributed by atoms with E-state index in [0.717, 1.165) is 6.07 Å². The van der Waals surface area contributed by atoms with Crippen LogP contribution in [0.25, 0.3) is 10.9 Å². The van der Waals surface area contributed by atoms with E-state index in [0.29, 0.717) is 17.0 Å². The van der Waals surface area contributed by atoms with Gasteiger partial charge in [0.25, 0.3) is 15.9 Å². The van der Waals surface area contributed by atoms with Crippen LogP contribution in [-0.2, 0) is 10.0 Å². The highest BCUT2D eigenvalue weighted by Crippen LogP contribution is 2.22. The number of carbonyl (C=O) groups is 1. The van der Waals surface area contributed by atoms with E-state index in [1.54, 1.807) is 16.9 Å². The second kappa shape index (κ2) is 6.21. The van der Waals surface area contributed by atoms with Crippen molar-refractivity contribution < 1.29 is 22.0 Å². The number of carbonyl (C=O) groups excluding carboxylic acids is 1. The Hall–Kier alpha value is -2.87. The third kappa shape index (κ3) is 3.20. The van der Waals surface area contributed by atoms with Crippen LogP contribution in [0.1, 0.15) is 15.9 Å². The van der Waals surface area contributed by atoms with Gasteiger partial charge in [0, 0.05) is 11.6 Å². The number of nitrogens with one attached hydrogen (secondary N) is 1. The summed E-state index contributed by atoms with van der Waals surface area (Å²) in [5.41, 5.74) is -0.257. The van der Waals surface area contributed by atoms with E-state index in [4.69, 9.17) is 0 Å². The predicted octanol–water partition coefficient (Wildman–Crippen LogP) is 2.94. The molecule has 128 valence electrons. The van der Waals surface area contributed by atoms with Gasteiger partial charge in [-0.2, -0.15) is 0 Å². The zero-order valence-corrected chi connectivity index (χ0v) is 13.8. The highest BCUT2D eigenvalue weighted by Gasteiger charge is 2.23. The molecule has 2 aromatic carbocycles. The summed E-state index contributed by atoms with van der Waals surface area (Å²) >= 11 is 0. The van der Waals surface area contributed by atoms with E-state index in [1.807, 2.05) is 0 Å². The Bertz CT molecular complexity index is 1090. The SMILES string of the molecule is Cc1cc(F)c(C(=O)NS(=O)(=O)c2cccc3ncccc23)cc1F. The molecule has 0 radical (unpaired) electrons. The number of hydrogen-bond donors (Lipinski definition) is 1. The molecule has 0 aliphatic rings. The molecule has 0 saturated carbocycles. The zero-order chi connectivity index (χ0) is 18.2. The second-order valence-electron chi connectivity index (χ2n) is 5.34. The molecule has 0 fully saturated rings. The molecular formula is C17H12F2N2O3S. The molecule has 5 nitrogen and oxygen atoms in total. The molecule has 8 heteroatoms. The average molecular weight is 362 g/mol. The Balaban J connectivity index is 2.02. The number of aryl methyl sites for hydroxylation is 1. The average Bonchev–Trinajstić information content (AvgIpc) is 2.57. The van der Waals surface area contributed by atoms with Crippen molar-refractivity contribution in [2.45, 2.75) is 11.8 Å². The largest absolute Gasteiger partial charge is 0.268 e. The van der Waals surface area contributed by atoms with E-state index >= 15 is 0 Å². The van der Waals surface area contributed by atoms with Crippen LogP contribution in [0.5, 0.6) is 0 Å². The molecule has 0 spiro atoms. The first-order valence-corrected chi connectivity index (χ1v) is 8.64. The van der Waals surface area contributed by atoms with Crippen molar-refractivity contribution in [2.24, 2.45) is 0 Å². The first-order chi connectivity index (χ1) is 11.8. The summed E-state index contributed by atoms with van der Waals surface area (Å²) in [6.07, 6.45) is 1.50. The van der Waals surface area contributed by atoms with Crippen molar-refractivity contribution in [3.05, 3.63) is 71.4 Å². The smallest absolute Gasteiger partial charge is 0.268 e. The number of benzene rings is 2. The molecule has 0 aliphatic heterocycles. The summed E-state index contributed by atoms with van der Waals surface area (Å²) in [7, 11) is -4.30. The van der Waals surface area contributed by atoms with Crippen molar-refractivity contribution in [1.82, 2.24) is 9.71 Å². The number of sulfonamides is 1. The maximum Gasteiger partial charge on any atom is 0.268 e. The molecule has 1 aromatic heterocycles. The number of amides is 1. The van der Waals surface area contributed by atoms with Gasteiger partial charge in [-0.1, -0.05) is 6.07 Å². The summed E-state index contributed by atoms with van der Waals surface area (Å²) in [5, 5.41) is 0.306. The van der Waals surface area contributed by atoms with E-state index in [9.17, 15) is 22.0 Å². The Morgan fingerprint density at radius 3 is 2.60 bits per heavy atom. The van der Waals surface area contributed by atoms with E-state index < -0.39 is 33.1 Å². The molecule has 0 unspecified atom stereocenters. The molecule has 0 atom stereocenters. The minimum absolute atomic E-state index is 0.0111. The number of fused-ring (bicyclic) bond motifs is 1. The van der Waals surface area contributed by atoms with Crippen molar-refractivity contribution >= 4 is 26.8 Å². The summed E-state index contributed by atoms with van der Waals surface area (Å²) in [5.74, 6) is -3.07. The van der Waals surface area contributed by atoms with Gasteiger partial charge in [-0.15, -0.1) is 0 Å². The van der Waals surface area contributed by atoms with E-state index in [-0.39, 0.29) is 10.5 Å². The summed E-state index contributed by atoms with van der Waals surface area (Å²) in [6, 6.07) is 8.97. The van der Waals surface area contributed by atoms with Gasteiger partial charge in [0.05, 0.1) is 16.0 Å². The number of halogens is 2.